The maximum absolute atomic E-state index is 11.8. The summed E-state index contributed by atoms with van der Waals surface area (Å²) in [5.41, 5.74) is 8.05. The Bertz CT molecular complexity index is 773. The third-order valence-electron chi connectivity index (χ3n) is 2.64. The number of rotatable bonds is 4. The summed E-state index contributed by atoms with van der Waals surface area (Å²) in [7, 11) is 0. The molecule has 4 N–H and O–H groups in total. The molecule has 2 heterocycles. The van der Waals surface area contributed by atoms with Crippen molar-refractivity contribution in [1.29, 1.82) is 0 Å². The van der Waals surface area contributed by atoms with Crippen LogP contribution < -0.4 is 11.1 Å². The van der Waals surface area contributed by atoms with E-state index in [1.165, 1.54) is 11.8 Å². The first kappa shape index (κ1) is 13.4. The number of fused-ring (bicyclic) bond motifs is 1. The molecule has 0 spiro atoms. The number of nitrogens with two attached hydrogens (primary N) is 1. The number of nitrogens with one attached hydrogen (secondary N) is 2. The van der Waals surface area contributed by atoms with Gasteiger partial charge in [-0.05, 0) is 24.3 Å². The summed E-state index contributed by atoms with van der Waals surface area (Å²) in [6.07, 6.45) is 3.14. The van der Waals surface area contributed by atoms with E-state index >= 15 is 0 Å². The van der Waals surface area contributed by atoms with Crippen molar-refractivity contribution in [2.24, 2.45) is 0 Å². The van der Waals surface area contributed by atoms with Crippen molar-refractivity contribution >= 4 is 40.3 Å². The van der Waals surface area contributed by atoms with Gasteiger partial charge in [0.2, 0.25) is 11.9 Å². The third kappa shape index (κ3) is 3.29. The number of amides is 1. The van der Waals surface area contributed by atoms with Crippen LogP contribution in [0.1, 0.15) is 0 Å². The number of hydrogen-bond acceptors (Lipinski definition) is 6. The van der Waals surface area contributed by atoms with Gasteiger partial charge in [-0.15, -0.1) is 0 Å². The van der Waals surface area contributed by atoms with E-state index in [0.717, 1.165) is 11.0 Å². The van der Waals surface area contributed by atoms with Crippen molar-refractivity contribution in [2.45, 2.75) is 5.16 Å². The Hall–Kier alpha value is -2.61. The van der Waals surface area contributed by atoms with Crippen LogP contribution in [0.5, 0.6) is 0 Å². The first-order valence-corrected chi connectivity index (χ1v) is 7.14. The standard InChI is InChI=1S/C13H12N6OS/c14-8-2-3-9-10(6-8)18-13(17-9)21-7-11(20)19-12-15-4-1-5-16-12/h1-6H,7,14H2,(H,17,18)(H,15,16,19,20). The highest BCUT2D eigenvalue weighted by Crippen LogP contribution is 2.21. The second kappa shape index (κ2) is 5.80. The Morgan fingerprint density at radius 1 is 1.33 bits per heavy atom. The summed E-state index contributed by atoms with van der Waals surface area (Å²) in [6, 6.07) is 7.12. The quantitative estimate of drug-likeness (QED) is 0.499. The second-order valence-electron chi connectivity index (χ2n) is 4.23. The van der Waals surface area contributed by atoms with Crippen molar-refractivity contribution in [2.75, 3.05) is 16.8 Å². The summed E-state index contributed by atoms with van der Waals surface area (Å²) in [5, 5.41) is 3.28. The number of aromatic nitrogens is 4. The zero-order valence-corrected chi connectivity index (χ0v) is 11.7. The molecule has 0 bridgehead atoms. The highest BCUT2D eigenvalue weighted by atomic mass is 32.2. The van der Waals surface area contributed by atoms with E-state index in [0.29, 0.717) is 16.8 Å². The number of aromatic amines is 1. The molecule has 0 saturated heterocycles. The molecule has 0 aliphatic carbocycles. The monoisotopic (exact) mass is 300 g/mol. The van der Waals surface area contributed by atoms with E-state index in [9.17, 15) is 4.79 Å². The van der Waals surface area contributed by atoms with Gasteiger partial charge in [0, 0.05) is 18.1 Å². The number of anilines is 2. The highest BCUT2D eigenvalue weighted by Gasteiger charge is 2.08. The molecule has 2 aromatic heterocycles. The fourth-order valence-corrected chi connectivity index (χ4v) is 2.42. The van der Waals surface area contributed by atoms with Crippen molar-refractivity contribution < 1.29 is 4.79 Å². The molecule has 0 atom stereocenters. The molecule has 106 valence electrons. The maximum Gasteiger partial charge on any atom is 0.237 e. The lowest BCUT2D eigenvalue weighted by molar-refractivity contribution is -0.113. The van der Waals surface area contributed by atoms with Crippen LogP contribution in [0, 0.1) is 0 Å². The Morgan fingerprint density at radius 3 is 2.95 bits per heavy atom. The van der Waals surface area contributed by atoms with Crippen LogP contribution >= 0.6 is 11.8 Å². The molecule has 1 amide bonds. The van der Waals surface area contributed by atoms with Crippen LogP contribution in [-0.2, 0) is 4.79 Å². The molecule has 0 radical (unpaired) electrons. The van der Waals surface area contributed by atoms with Crippen molar-refractivity contribution in [3.8, 4) is 0 Å². The molecule has 0 aliphatic heterocycles. The Balaban J connectivity index is 1.62. The number of H-pyrrole nitrogens is 1. The topological polar surface area (TPSA) is 110 Å². The molecule has 0 aliphatic rings. The summed E-state index contributed by atoms with van der Waals surface area (Å²) in [4.78, 5) is 27.1. The molecule has 0 fully saturated rings. The van der Waals surface area contributed by atoms with Crippen molar-refractivity contribution in [3.63, 3.8) is 0 Å². The zero-order valence-electron chi connectivity index (χ0n) is 10.9. The first-order valence-electron chi connectivity index (χ1n) is 6.15. The molecule has 1 aromatic carbocycles. The Morgan fingerprint density at radius 2 is 2.14 bits per heavy atom. The van der Waals surface area contributed by atoms with E-state index in [-0.39, 0.29) is 11.7 Å². The van der Waals surface area contributed by atoms with Crippen LogP contribution in [0.2, 0.25) is 0 Å². The van der Waals surface area contributed by atoms with Gasteiger partial charge in [0.1, 0.15) is 0 Å². The number of imidazole rings is 1. The molecular formula is C13H12N6OS. The molecule has 21 heavy (non-hydrogen) atoms. The summed E-state index contributed by atoms with van der Waals surface area (Å²) < 4.78 is 0. The van der Waals surface area contributed by atoms with E-state index < -0.39 is 0 Å². The first-order chi connectivity index (χ1) is 10.2. The third-order valence-corrected chi connectivity index (χ3v) is 3.51. The molecule has 0 unspecified atom stereocenters. The SMILES string of the molecule is Nc1ccc2nc(SCC(=O)Nc3ncccn3)[nH]c2c1. The van der Waals surface area contributed by atoms with E-state index in [4.69, 9.17) is 5.73 Å². The Labute approximate surface area is 124 Å². The van der Waals surface area contributed by atoms with Crippen molar-refractivity contribution in [1.82, 2.24) is 19.9 Å². The molecule has 3 aromatic rings. The average Bonchev–Trinajstić information content (AvgIpc) is 2.88. The summed E-state index contributed by atoms with van der Waals surface area (Å²) >= 11 is 1.30. The van der Waals surface area contributed by atoms with Gasteiger partial charge >= 0.3 is 0 Å². The summed E-state index contributed by atoms with van der Waals surface area (Å²) in [5.74, 6) is 0.319. The Kier molecular flexibility index (Phi) is 3.69. The highest BCUT2D eigenvalue weighted by molar-refractivity contribution is 7.99. The van der Waals surface area contributed by atoms with Crippen LogP contribution in [0.4, 0.5) is 11.6 Å². The van der Waals surface area contributed by atoms with Gasteiger partial charge in [0.05, 0.1) is 16.8 Å². The lowest BCUT2D eigenvalue weighted by Gasteiger charge is -2.01. The van der Waals surface area contributed by atoms with Gasteiger partial charge < -0.3 is 10.7 Å². The molecular weight excluding hydrogens is 288 g/mol. The minimum absolute atomic E-state index is 0.189. The second-order valence-corrected chi connectivity index (χ2v) is 5.19. The van der Waals surface area contributed by atoms with Crippen LogP contribution in [-0.4, -0.2) is 31.6 Å². The largest absolute Gasteiger partial charge is 0.399 e. The van der Waals surface area contributed by atoms with Gasteiger partial charge in [0.25, 0.3) is 0 Å². The minimum atomic E-state index is -0.189. The minimum Gasteiger partial charge on any atom is -0.399 e. The van der Waals surface area contributed by atoms with Crippen LogP contribution in [0.15, 0.2) is 41.8 Å². The maximum atomic E-state index is 11.8. The lowest BCUT2D eigenvalue weighted by atomic mass is 10.3. The number of thioether (sulfide) groups is 1. The van der Waals surface area contributed by atoms with E-state index in [2.05, 4.69) is 25.3 Å². The van der Waals surface area contributed by atoms with E-state index in [1.54, 1.807) is 24.5 Å². The van der Waals surface area contributed by atoms with Gasteiger partial charge in [0.15, 0.2) is 5.16 Å². The van der Waals surface area contributed by atoms with Crippen LogP contribution in [0.3, 0.4) is 0 Å². The zero-order chi connectivity index (χ0) is 14.7. The number of hydrogen-bond donors (Lipinski definition) is 3. The lowest BCUT2D eigenvalue weighted by Crippen LogP contribution is -2.15. The van der Waals surface area contributed by atoms with Crippen LogP contribution in [0.25, 0.3) is 11.0 Å². The van der Waals surface area contributed by atoms with E-state index in [1.807, 2.05) is 12.1 Å². The van der Waals surface area contributed by atoms with Gasteiger partial charge in [-0.2, -0.15) is 0 Å². The molecule has 0 saturated carbocycles. The average molecular weight is 300 g/mol. The fraction of sp³-hybridized carbons (Fsp3) is 0.0769. The number of carbonyl (C=O) groups is 1. The normalized spacial score (nSPS) is 10.7. The number of nitrogens with zero attached hydrogens (tertiary/aromatic N) is 3. The summed E-state index contributed by atoms with van der Waals surface area (Å²) in [6.45, 7) is 0. The molecule has 8 heteroatoms. The smallest absolute Gasteiger partial charge is 0.237 e. The molecule has 3 rings (SSSR count). The number of nitrogen functional groups attached to an aromatic ring is 1. The predicted octanol–water partition coefficient (Wildman–Crippen LogP) is 1.67. The predicted molar refractivity (Wildman–Crippen MR) is 81.9 cm³/mol. The fourth-order valence-electron chi connectivity index (χ4n) is 1.73. The van der Waals surface area contributed by atoms with Crippen molar-refractivity contribution in [3.05, 3.63) is 36.7 Å². The number of carbonyl (C=O) groups excluding carboxylic acids is 1. The van der Waals surface area contributed by atoms with Gasteiger partial charge in [-0.25, -0.2) is 15.0 Å². The molecule has 7 nitrogen and oxygen atoms in total. The number of benzene rings is 1. The van der Waals surface area contributed by atoms with Gasteiger partial charge in [-0.1, -0.05) is 11.8 Å². The van der Waals surface area contributed by atoms with Gasteiger partial charge in [-0.3, -0.25) is 10.1 Å².